The summed E-state index contributed by atoms with van der Waals surface area (Å²) in [5, 5.41) is 14.3. The summed E-state index contributed by atoms with van der Waals surface area (Å²) < 4.78 is 8.21. The number of nitro benzene ring substituents is 1. The zero-order valence-electron chi connectivity index (χ0n) is 18.8. The van der Waals surface area contributed by atoms with Gasteiger partial charge in [-0.1, -0.05) is 87.5 Å². The second-order valence-corrected chi connectivity index (χ2v) is 11.0. The summed E-state index contributed by atoms with van der Waals surface area (Å²) in [6.07, 6.45) is 1.72. The van der Waals surface area contributed by atoms with Crippen LogP contribution in [0.4, 0.5) is 5.69 Å². The van der Waals surface area contributed by atoms with Crippen LogP contribution in [0.25, 0.3) is 10.9 Å². The minimum atomic E-state index is -1.62. The summed E-state index contributed by atoms with van der Waals surface area (Å²) in [4.78, 5) is 24.6. The van der Waals surface area contributed by atoms with Crippen molar-refractivity contribution in [1.29, 1.82) is 0 Å². The average molecular weight is 458 g/mol. The molecule has 167 valence electrons. The Kier molecular flexibility index (Phi) is 6.26. The van der Waals surface area contributed by atoms with E-state index in [-0.39, 0.29) is 23.4 Å². The van der Waals surface area contributed by atoms with Crippen molar-refractivity contribution in [2.75, 3.05) is 0 Å². The van der Waals surface area contributed by atoms with E-state index in [4.69, 9.17) is 4.43 Å². The number of aromatic nitrogens is 1. The molecule has 4 aromatic rings. The van der Waals surface area contributed by atoms with Crippen LogP contribution in [0.3, 0.4) is 0 Å². The first-order valence-electron chi connectivity index (χ1n) is 10.7. The standard InChI is InChI=1S/C26H25N2O4Si/c1-26(2,3)22-17-27(24-21(25(22)29)15-10-16-23(24)28(30)31)18-32-33(19-11-6-4-7-12-19)20-13-8-5-9-14-20/h4-17H,18H2,1-3H3. The Morgan fingerprint density at radius 1 is 0.909 bits per heavy atom. The molecule has 0 amide bonds. The molecule has 4 rings (SSSR count). The van der Waals surface area contributed by atoms with E-state index in [0.717, 1.165) is 10.4 Å². The molecule has 33 heavy (non-hydrogen) atoms. The quantitative estimate of drug-likeness (QED) is 0.249. The highest BCUT2D eigenvalue weighted by Crippen LogP contribution is 2.27. The van der Waals surface area contributed by atoms with Gasteiger partial charge in [-0.25, -0.2) is 0 Å². The predicted molar refractivity (Wildman–Crippen MR) is 133 cm³/mol. The van der Waals surface area contributed by atoms with Gasteiger partial charge in [0.25, 0.3) is 14.7 Å². The van der Waals surface area contributed by atoms with Gasteiger partial charge in [-0.15, -0.1) is 0 Å². The summed E-state index contributed by atoms with van der Waals surface area (Å²) >= 11 is 0. The average Bonchev–Trinajstić information content (AvgIpc) is 2.80. The Bertz CT molecular complexity index is 1310. The predicted octanol–water partition coefficient (Wildman–Crippen LogP) is 3.99. The van der Waals surface area contributed by atoms with E-state index in [0.29, 0.717) is 10.9 Å². The van der Waals surface area contributed by atoms with Crippen molar-refractivity contribution in [3.8, 4) is 0 Å². The first kappa shape index (κ1) is 22.6. The van der Waals surface area contributed by atoms with E-state index >= 15 is 0 Å². The Balaban J connectivity index is 1.85. The Morgan fingerprint density at radius 3 is 2.00 bits per heavy atom. The van der Waals surface area contributed by atoms with Crippen LogP contribution in [-0.2, 0) is 16.6 Å². The third-order valence-corrected chi connectivity index (χ3v) is 7.63. The van der Waals surface area contributed by atoms with E-state index in [1.54, 1.807) is 22.9 Å². The lowest BCUT2D eigenvalue weighted by Gasteiger charge is -2.23. The highest BCUT2D eigenvalue weighted by atomic mass is 28.3. The van der Waals surface area contributed by atoms with E-state index in [2.05, 4.69) is 0 Å². The Morgan fingerprint density at radius 2 is 1.48 bits per heavy atom. The van der Waals surface area contributed by atoms with Crippen LogP contribution in [-0.4, -0.2) is 18.5 Å². The van der Waals surface area contributed by atoms with Crippen LogP contribution >= 0.6 is 0 Å². The lowest BCUT2D eigenvalue weighted by molar-refractivity contribution is -0.383. The lowest BCUT2D eigenvalue weighted by atomic mass is 9.87. The van der Waals surface area contributed by atoms with Gasteiger partial charge in [0, 0.05) is 17.8 Å². The molecule has 0 unspecified atom stereocenters. The summed E-state index contributed by atoms with van der Waals surface area (Å²) in [6.45, 7) is 5.96. The van der Waals surface area contributed by atoms with Gasteiger partial charge >= 0.3 is 0 Å². The van der Waals surface area contributed by atoms with E-state index in [1.807, 2.05) is 81.4 Å². The molecular formula is C26H25N2O4Si. The van der Waals surface area contributed by atoms with Gasteiger partial charge in [-0.05, 0) is 21.9 Å². The monoisotopic (exact) mass is 457 g/mol. The number of pyridine rings is 1. The van der Waals surface area contributed by atoms with Gasteiger partial charge in [0.15, 0.2) is 5.43 Å². The van der Waals surface area contributed by atoms with Crippen LogP contribution in [0, 0.1) is 10.1 Å². The van der Waals surface area contributed by atoms with Crippen molar-refractivity contribution in [3.63, 3.8) is 0 Å². The number of fused-ring (bicyclic) bond motifs is 1. The van der Waals surface area contributed by atoms with Gasteiger partial charge < -0.3 is 8.99 Å². The zero-order chi connectivity index (χ0) is 23.6. The van der Waals surface area contributed by atoms with Crippen molar-refractivity contribution in [2.24, 2.45) is 0 Å². The molecule has 3 aromatic carbocycles. The molecule has 1 radical (unpaired) electrons. The molecule has 0 fully saturated rings. The SMILES string of the molecule is CC(C)(C)c1cn(CO[Si](c2ccccc2)c2ccccc2)c2c([N+](=O)[O-])cccc2c1=O. The molecular weight excluding hydrogens is 432 g/mol. The van der Waals surface area contributed by atoms with Gasteiger partial charge in [-0.2, -0.15) is 0 Å². The molecule has 0 aliphatic carbocycles. The number of hydrogen-bond donors (Lipinski definition) is 0. The molecule has 1 aromatic heterocycles. The third kappa shape index (κ3) is 4.65. The van der Waals surface area contributed by atoms with Crippen molar-refractivity contribution >= 4 is 36.0 Å². The Hall–Kier alpha value is -3.55. The molecule has 0 aliphatic rings. The van der Waals surface area contributed by atoms with Crippen molar-refractivity contribution in [1.82, 2.24) is 4.57 Å². The number of rotatable bonds is 6. The fourth-order valence-electron chi connectivity index (χ4n) is 3.87. The molecule has 6 nitrogen and oxygen atoms in total. The minimum absolute atomic E-state index is 0.0861. The molecule has 0 bridgehead atoms. The second-order valence-electron chi connectivity index (χ2n) is 8.86. The highest BCUT2D eigenvalue weighted by Gasteiger charge is 2.26. The van der Waals surface area contributed by atoms with Crippen molar-refractivity contribution < 1.29 is 9.35 Å². The minimum Gasteiger partial charge on any atom is -0.389 e. The van der Waals surface area contributed by atoms with E-state index in [1.165, 1.54) is 6.07 Å². The number of non-ortho nitro benzene ring substituents is 1. The number of para-hydroxylation sites is 1. The van der Waals surface area contributed by atoms with Crippen LogP contribution in [0.2, 0.25) is 0 Å². The van der Waals surface area contributed by atoms with Crippen LogP contribution in [0.15, 0.2) is 89.9 Å². The fourth-order valence-corrected chi connectivity index (χ4v) is 5.80. The summed E-state index contributed by atoms with van der Waals surface area (Å²) in [7, 11) is -1.62. The normalized spacial score (nSPS) is 11.8. The molecule has 0 saturated heterocycles. The summed E-state index contributed by atoms with van der Waals surface area (Å²) in [5.74, 6) is 0. The van der Waals surface area contributed by atoms with Gasteiger partial charge in [0.2, 0.25) is 0 Å². The number of nitro groups is 1. The summed E-state index contributed by atoms with van der Waals surface area (Å²) in [5.41, 5.74) is 0.149. The molecule has 0 N–H and O–H groups in total. The van der Waals surface area contributed by atoms with Crippen LogP contribution < -0.4 is 15.8 Å². The van der Waals surface area contributed by atoms with Crippen molar-refractivity contribution in [2.45, 2.75) is 32.9 Å². The molecule has 0 saturated carbocycles. The maximum Gasteiger partial charge on any atom is 0.293 e. The van der Waals surface area contributed by atoms with E-state index < -0.39 is 19.4 Å². The Labute approximate surface area is 194 Å². The topological polar surface area (TPSA) is 74.4 Å². The van der Waals surface area contributed by atoms with Gasteiger partial charge in [0.1, 0.15) is 12.2 Å². The smallest absolute Gasteiger partial charge is 0.293 e. The fraction of sp³-hybridized carbons (Fsp3) is 0.192. The first-order valence-corrected chi connectivity index (χ1v) is 12.1. The third-order valence-electron chi connectivity index (χ3n) is 5.50. The molecule has 0 atom stereocenters. The lowest BCUT2D eigenvalue weighted by Crippen LogP contribution is -2.45. The van der Waals surface area contributed by atoms with Crippen LogP contribution in [0.1, 0.15) is 26.3 Å². The largest absolute Gasteiger partial charge is 0.389 e. The molecule has 7 heteroatoms. The maximum atomic E-state index is 13.2. The van der Waals surface area contributed by atoms with Gasteiger partial charge in [-0.3, -0.25) is 14.9 Å². The second kappa shape index (κ2) is 9.13. The molecule has 0 aliphatic heterocycles. The zero-order valence-corrected chi connectivity index (χ0v) is 19.8. The molecule has 1 heterocycles. The van der Waals surface area contributed by atoms with Gasteiger partial charge in [0.05, 0.1) is 10.3 Å². The van der Waals surface area contributed by atoms with E-state index in [9.17, 15) is 14.9 Å². The number of nitrogens with zero attached hydrogens (tertiary/aromatic N) is 2. The first-order chi connectivity index (χ1) is 15.8. The number of hydrogen-bond acceptors (Lipinski definition) is 4. The number of benzene rings is 3. The summed E-state index contributed by atoms with van der Waals surface area (Å²) in [6, 6.07) is 24.6. The van der Waals surface area contributed by atoms with Crippen LogP contribution in [0.5, 0.6) is 0 Å². The highest BCUT2D eigenvalue weighted by molar-refractivity contribution is 6.79. The van der Waals surface area contributed by atoms with Crippen molar-refractivity contribution in [3.05, 3.63) is 111 Å². The maximum absolute atomic E-state index is 13.2. The molecule has 0 spiro atoms.